The highest BCUT2D eigenvalue weighted by Gasteiger charge is 2.15. The molecule has 1 heterocycles. The number of hydrogen-bond acceptors (Lipinski definition) is 4. The number of hydrogen-bond donors (Lipinski definition) is 2. The van der Waals surface area contributed by atoms with Crippen molar-refractivity contribution >= 4 is 10.2 Å². The maximum atomic E-state index is 11.8. The smallest absolute Gasteiger partial charge is 0.263 e. The van der Waals surface area contributed by atoms with E-state index in [1.54, 1.807) is 7.05 Å². The minimum absolute atomic E-state index is 0.402. The minimum Gasteiger partial charge on any atom is -0.263 e. The molecule has 1 aromatic heterocycles. The molecule has 0 aliphatic heterocycles. The fourth-order valence-electron chi connectivity index (χ4n) is 1.42. The summed E-state index contributed by atoms with van der Waals surface area (Å²) in [5.41, 5.74) is 0. The number of aromatic nitrogens is 3. The van der Waals surface area contributed by atoms with Gasteiger partial charge in [-0.3, -0.25) is 5.10 Å². The van der Waals surface area contributed by atoms with E-state index >= 15 is 0 Å². The van der Waals surface area contributed by atoms with Gasteiger partial charge < -0.3 is 0 Å². The van der Waals surface area contributed by atoms with Gasteiger partial charge in [0.1, 0.15) is 12.2 Å². The first kappa shape index (κ1) is 15.1. The first-order chi connectivity index (χ1) is 8.56. The Morgan fingerprint density at radius 1 is 1.44 bits per heavy atom. The van der Waals surface area contributed by atoms with Crippen LogP contribution in [0.5, 0.6) is 0 Å². The van der Waals surface area contributed by atoms with Crippen molar-refractivity contribution in [2.75, 3.05) is 20.1 Å². The third-order valence-electron chi connectivity index (χ3n) is 2.58. The van der Waals surface area contributed by atoms with Crippen molar-refractivity contribution in [1.29, 1.82) is 0 Å². The number of unbranched alkanes of at least 4 members (excludes halogenated alkanes) is 1. The Hall–Kier alpha value is -0.990. The monoisotopic (exact) mass is 275 g/mol. The van der Waals surface area contributed by atoms with Gasteiger partial charge in [-0.25, -0.2) is 9.71 Å². The Kier molecular flexibility index (Phi) is 6.23. The fourth-order valence-corrected chi connectivity index (χ4v) is 2.41. The number of nitrogens with one attached hydrogen (secondary N) is 2. The largest absolute Gasteiger partial charge is 0.279 e. The van der Waals surface area contributed by atoms with Gasteiger partial charge in [0.05, 0.1) is 0 Å². The second-order valence-corrected chi connectivity index (χ2v) is 5.97. The fraction of sp³-hybridized carbons (Fsp3) is 0.800. The SMILES string of the molecule is CCCCN(C)S(=O)(=O)NCCCc1ncn[nH]1. The highest BCUT2D eigenvalue weighted by atomic mass is 32.2. The van der Waals surface area contributed by atoms with Crippen molar-refractivity contribution in [3.05, 3.63) is 12.2 Å². The summed E-state index contributed by atoms with van der Waals surface area (Å²) in [6, 6.07) is 0. The van der Waals surface area contributed by atoms with Gasteiger partial charge in [0.15, 0.2) is 0 Å². The molecule has 8 heteroatoms. The Labute approximate surface area is 108 Å². The lowest BCUT2D eigenvalue weighted by molar-refractivity contribution is 0.448. The van der Waals surface area contributed by atoms with Gasteiger partial charge in [-0.2, -0.15) is 17.8 Å². The van der Waals surface area contributed by atoms with Crippen molar-refractivity contribution in [2.24, 2.45) is 0 Å². The molecule has 0 unspecified atom stereocenters. The molecule has 0 saturated carbocycles. The topological polar surface area (TPSA) is 91.0 Å². The standard InChI is InChI=1S/C10H21N5O2S/c1-3-4-8-15(2)18(16,17)13-7-5-6-10-11-9-12-14-10/h9,13H,3-8H2,1-2H3,(H,11,12,14). The molecule has 18 heavy (non-hydrogen) atoms. The van der Waals surface area contributed by atoms with Gasteiger partial charge in [0.25, 0.3) is 10.2 Å². The number of aryl methyl sites for hydroxylation is 1. The Morgan fingerprint density at radius 2 is 2.22 bits per heavy atom. The molecule has 0 radical (unpaired) electrons. The summed E-state index contributed by atoms with van der Waals surface area (Å²) in [5.74, 6) is 0.772. The predicted molar refractivity (Wildman–Crippen MR) is 69.2 cm³/mol. The number of rotatable bonds is 9. The number of nitrogens with zero attached hydrogens (tertiary/aromatic N) is 3. The lowest BCUT2D eigenvalue weighted by atomic mass is 10.3. The van der Waals surface area contributed by atoms with Crippen LogP contribution in [-0.2, 0) is 16.6 Å². The maximum absolute atomic E-state index is 11.8. The molecule has 1 rings (SSSR count). The van der Waals surface area contributed by atoms with Gasteiger partial charge in [-0.1, -0.05) is 13.3 Å². The molecule has 0 fully saturated rings. The molecule has 2 N–H and O–H groups in total. The molecular weight excluding hydrogens is 254 g/mol. The first-order valence-corrected chi connectivity index (χ1v) is 7.55. The molecule has 0 aliphatic rings. The molecule has 7 nitrogen and oxygen atoms in total. The van der Waals surface area contributed by atoms with E-state index in [0.717, 1.165) is 18.7 Å². The second kappa shape index (κ2) is 7.45. The van der Waals surface area contributed by atoms with Crippen molar-refractivity contribution in [2.45, 2.75) is 32.6 Å². The lowest BCUT2D eigenvalue weighted by Gasteiger charge is -2.17. The van der Waals surface area contributed by atoms with E-state index in [4.69, 9.17) is 0 Å². The molecule has 0 aliphatic carbocycles. The van der Waals surface area contributed by atoms with Crippen LogP contribution >= 0.6 is 0 Å². The third-order valence-corrected chi connectivity index (χ3v) is 4.15. The zero-order chi connectivity index (χ0) is 13.4. The molecule has 0 amide bonds. The Bertz CT molecular complexity index is 417. The zero-order valence-electron chi connectivity index (χ0n) is 10.9. The minimum atomic E-state index is -3.34. The van der Waals surface area contributed by atoms with Crippen LogP contribution < -0.4 is 4.72 Å². The number of H-pyrrole nitrogens is 1. The zero-order valence-corrected chi connectivity index (χ0v) is 11.7. The predicted octanol–water partition coefficient (Wildman–Crippen LogP) is 0.304. The normalized spacial score (nSPS) is 12.2. The van der Waals surface area contributed by atoms with E-state index in [1.807, 2.05) is 6.92 Å². The first-order valence-electron chi connectivity index (χ1n) is 6.11. The summed E-state index contributed by atoms with van der Waals surface area (Å²) in [6.45, 7) is 2.98. The summed E-state index contributed by atoms with van der Waals surface area (Å²) < 4.78 is 27.5. The third kappa shape index (κ3) is 5.11. The van der Waals surface area contributed by atoms with Gasteiger partial charge in [-0.15, -0.1) is 0 Å². The van der Waals surface area contributed by atoms with E-state index < -0.39 is 10.2 Å². The molecule has 0 spiro atoms. The van der Waals surface area contributed by atoms with Crippen LogP contribution in [0, 0.1) is 0 Å². The Balaban J connectivity index is 2.24. The van der Waals surface area contributed by atoms with Crippen molar-refractivity contribution in [3.8, 4) is 0 Å². The molecular formula is C10H21N5O2S. The van der Waals surface area contributed by atoms with Crippen molar-refractivity contribution in [3.63, 3.8) is 0 Å². The molecule has 104 valence electrons. The quantitative estimate of drug-likeness (QED) is 0.634. The van der Waals surface area contributed by atoms with Gasteiger partial charge in [-0.05, 0) is 12.8 Å². The molecule has 1 aromatic rings. The van der Waals surface area contributed by atoms with E-state index in [2.05, 4.69) is 19.9 Å². The van der Waals surface area contributed by atoms with Crippen LogP contribution in [0.25, 0.3) is 0 Å². The molecule has 0 saturated heterocycles. The van der Waals surface area contributed by atoms with Crippen LogP contribution in [0.15, 0.2) is 6.33 Å². The van der Waals surface area contributed by atoms with Crippen LogP contribution in [-0.4, -0.2) is 48.0 Å². The van der Waals surface area contributed by atoms with Crippen LogP contribution in [0.1, 0.15) is 32.0 Å². The maximum Gasteiger partial charge on any atom is 0.279 e. The summed E-state index contributed by atoms with van der Waals surface area (Å²) in [5, 5.41) is 6.47. The lowest BCUT2D eigenvalue weighted by Crippen LogP contribution is -2.39. The molecule has 0 atom stereocenters. The van der Waals surface area contributed by atoms with E-state index in [9.17, 15) is 8.42 Å². The average Bonchev–Trinajstić information content (AvgIpc) is 2.84. The van der Waals surface area contributed by atoms with E-state index in [1.165, 1.54) is 10.6 Å². The van der Waals surface area contributed by atoms with Gasteiger partial charge in [0.2, 0.25) is 0 Å². The number of aromatic amines is 1. The molecule has 0 aromatic carbocycles. The molecule has 0 bridgehead atoms. The van der Waals surface area contributed by atoms with Crippen molar-refractivity contribution in [1.82, 2.24) is 24.2 Å². The Morgan fingerprint density at radius 3 is 2.83 bits per heavy atom. The van der Waals surface area contributed by atoms with Crippen LogP contribution in [0.3, 0.4) is 0 Å². The van der Waals surface area contributed by atoms with Crippen molar-refractivity contribution < 1.29 is 8.42 Å². The van der Waals surface area contributed by atoms with E-state index in [-0.39, 0.29) is 0 Å². The summed E-state index contributed by atoms with van der Waals surface area (Å²) in [4.78, 5) is 3.97. The summed E-state index contributed by atoms with van der Waals surface area (Å²) in [7, 11) is -1.74. The highest BCUT2D eigenvalue weighted by molar-refractivity contribution is 7.87. The van der Waals surface area contributed by atoms with Gasteiger partial charge >= 0.3 is 0 Å². The summed E-state index contributed by atoms with van der Waals surface area (Å²) in [6.07, 6.45) is 4.66. The van der Waals surface area contributed by atoms with Gasteiger partial charge in [0, 0.05) is 26.6 Å². The van der Waals surface area contributed by atoms with Crippen LogP contribution in [0.4, 0.5) is 0 Å². The average molecular weight is 275 g/mol. The summed E-state index contributed by atoms with van der Waals surface area (Å²) >= 11 is 0. The van der Waals surface area contributed by atoms with E-state index in [0.29, 0.717) is 25.9 Å². The second-order valence-electron chi connectivity index (χ2n) is 4.11. The highest BCUT2D eigenvalue weighted by Crippen LogP contribution is 1.99. The van der Waals surface area contributed by atoms with Crippen LogP contribution in [0.2, 0.25) is 0 Å².